The van der Waals surface area contributed by atoms with Gasteiger partial charge >= 0.3 is 0 Å². The normalized spacial score (nSPS) is 21.9. The van der Waals surface area contributed by atoms with Gasteiger partial charge in [-0.05, 0) is 18.4 Å². The Morgan fingerprint density at radius 1 is 1.25 bits per heavy atom. The molecule has 0 radical (unpaired) electrons. The van der Waals surface area contributed by atoms with Crippen LogP contribution in [0.4, 0.5) is 8.78 Å². The summed E-state index contributed by atoms with van der Waals surface area (Å²) in [5.74, 6) is 0. The summed E-state index contributed by atoms with van der Waals surface area (Å²) in [7, 11) is 1.90. The van der Waals surface area contributed by atoms with E-state index in [0.29, 0.717) is 39.3 Å². The quantitative estimate of drug-likeness (QED) is 0.792. The zero-order chi connectivity index (χ0) is 16.9. The van der Waals surface area contributed by atoms with E-state index in [9.17, 15) is 8.78 Å². The molecule has 3 rings (SSSR count). The van der Waals surface area contributed by atoms with Crippen LogP contribution in [-0.4, -0.2) is 78.0 Å². The lowest BCUT2D eigenvalue weighted by atomic mass is 10.0. The van der Waals surface area contributed by atoms with E-state index in [0.717, 1.165) is 25.1 Å². The van der Waals surface area contributed by atoms with E-state index in [1.807, 2.05) is 24.3 Å². The van der Waals surface area contributed by atoms with Crippen molar-refractivity contribution in [1.82, 2.24) is 19.6 Å². The molecular weight excluding hydrogens is 314 g/mol. The summed E-state index contributed by atoms with van der Waals surface area (Å²) in [5, 5.41) is 4.22. The summed E-state index contributed by atoms with van der Waals surface area (Å²) < 4.78 is 34.0. The maximum Gasteiger partial charge on any atom is 0.253 e. The summed E-state index contributed by atoms with van der Waals surface area (Å²) in [6, 6.07) is -0.665. The first kappa shape index (κ1) is 17.5. The van der Waals surface area contributed by atoms with E-state index in [1.165, 1.54) is 5.57 Å². The molecule has 7 heteroatoms. The van der Waals surface area contributed by atoms with Crippen molar-refractivity contribution in [3.8, 4) is 0 Å². The minimum absolute atomic E-state index is 0.498. The van der Waals surface area contributed by atoms with Crippen LogP contribution in [-0.2, 0) is 11.8 Å². The van der Waals surface area contributed by atoms with Crippen LogP contribution in [0.5, 0.6) is 0 Å². The fourth-order valence-electron chi connectivity index (χ4n) is 3.48. The van der Waals surface area contributed by atoms with E-state index in [2.05, 4.69) is 16.1 Å². The number of ether oxygens (including phenoxy) is 1. The standard InChI is InChI=1S/C17H26F2N4O/c1-21-12-15(11-20-21)14-3-2-5-22(13-14)6-4-16(17(18)19)23-7-9-24-10-8-23/h3,11-12,16-17H,2,4-10,13H2,1H3. The SMILES string of the molecule is Cn1cc(C2=CCCN(CCC(C(F)F)N3CCOCC3)C2)cn1. The summed E-state index contributed by atoms with van der Waals surface area (Å²) in [6.45, 7) is 4.77. The monoisotopic (exact) mass is 340 g/mol. The Bertz CT molecular complexity index is 555. The number of aromatic nitrogens is 2. The molecule has 0 aliphatic carbocycles. The molecule has 0 N–H and O–H groups in total. The second kappa shape index (κ2) is 8.18. The summed E-state index contributed by atoms with van der Waals surface area (Å²) in [5.41, 5.74) is 2.37. The number of rotatable bonds is 6. The molecule has 2 aliphatic rings. The predicted octanol–water partition coefficient (Wildman–Crippen LogP) is 1.87. The van der Waals surface area contributed by atoms with Crippen LogP contribution in [0.25, 0.3) is 5.57 Å². The fourth-order valence-corrected chi connectivity index (χ4v) is 3.48. The Morgan fingerprint density at radius 3 is 2.71 bits per heavy atom. The molecule has 1 unspecified atom stereocenters. The van der Waals surface area contributed by atoms with Gasteiger partial charge in [0.1, 0.15) is 0 Å². The number of nitrogens with zero attached hydrogens (tertiary/aromatic N) is 4. The molecule has 1 aromatic heterocycles. The zero-order valence-corrected chi connectivity index (χ0v) is 14.2. The number of alkyl halides is 2. The van der Waals surface area contributed by atoms with E-state index < -0.39 is 12.5 Å². The van der Waals surface area contributed by atoms with Crippen molar-refractivity contribution in [3.63, 3.8) is 0 Å². The largest absolute Gasteiger partial charge is 0.379 e. The van der Waals surface area contributed by atoms with Gasteiger partial charge < -0.3 is 4.74 Å². The summed E-state index contributed by atoms with van der Waals surface area (Å²) >= 11 is 0. The average molecular weight is 340 g/mol. The second-order valence-corrected chi connectivity index (χ2v) is 6.54. The van der Waals surface area contributed by atoms with Gasteiger partial charge in [0, 0.05) is 51.5 Å². The van der Waals surface area contributed by atoms with Gasteiger partial charge in [-0.2, -0.15) is 5.10 Å². The first-order valence-corrected chi connectivity index (χ1v) is 8.64. The fraction of sp³-hybridized carbons (Fsp3) is 0.706. The van der Waals surface area contributed by atoms with Crippen LogP contribution < -0.4 is 0 Å². The van der Waals surface area contributed by atoms with Gasteiger partial charge in [0.05, 0.1) is 25.5 Å². The number of aryl methyl sites for hydroxylation is 1. The van der Waals surface area contributed by atoms with Crippen LogP contribution in [0.3, 0.4) is 0 Å². The molecule has 1 atom stereocenters. The number of morpholine rings is 1. The first-order valence-electron chi connectivity index (χ1n) is 8.64. The molecule has 1 saturated heterocycles. The van der Waals surface area contributed by atoms with Gasteiger partial charge in [-0.3, -0.25) is 14.5 Å². The molecular formula is C17H26F2N4O. The molecule has 3 heterocycles. The Kier molecular flexibility index (Phi) is 5.97. The summed E-state index contributed by atoms with van der Waals surface area (Å²) in [4.78, 5) is 4.16. The highest BCUT2D eigenvalue weighted by molar-refractivity contribution is 5.66. The number of hydrogen-bond acceptors (Lipinski definition) is 4. The molecule has 0 spiro atoms. The minimum atomic E-state index is -2.30. The zero-order valence-electron chi connectivity index (χ0n) is 14.2. The topological polar surface area (TPSA) is 33.5 Å². The maximum atomic E-state index is 13.5. The Hall–Kier alpha value is -1.31. The highest BCUT2D eigenvalue weighted by atomic mass is 19.3. The van der Waals surface area contributed by atoms with Gasteiger partial charge in [-0.25, -0.2) is 8.78 Å². The predicted molar refractivity (Wildman–Crippen MR) is 89.0 cm³/mol. The van der Waals surface area contributed by atoms with Gasteiger partial charge in [-0.1, -0.05) is 6.08 Å². The summed E-state index contributed by atoms with van der Waals surface area (Å²) in [6.07, 6.45) is 5.26. The van der Waals surface area contributed by atoms with Crippen molar-refractivity contribution in [1.29, 1.82) is 0 Å². The van der Waals surface area contributed by atoms with Crippen LogP contribution >= 0.6 is 0 Å². The Balaban J connectivity index is 1.54. The van der Waals surface area contributed by atoms with Crippen molar-refractivity contribution in [2.24, 2.45) is 7.05 Å². The van der Waals surface area contributed by atoms with E-state index in [-0.39, 0.29) is 0 Å². The van der Waals surface area contributed by atoms with Crippen LogP contribution in [0.2, 0.25) is 0 Å². The lowest BCUT2D eigenvalue weighted by molar-refractivity contribution is -0.0382. The molecule has 24 heavy (non-hydrogen) atoms. The maximum absolute atomic E-state index is 13.5. The van der Waals surface area contributed by atoms with Crippen LogP contribution in [0.1, 0.15) is 18.4 Å². The molecule has 2 aliphatic heterocycles. The third-order valence-corrected chi connectivity index (χ3v) is 4.85. The van der Waals surface area contributed by atoms with Crippen molar-refractivity contribution >= 4 is 5.57 Å². The molecule has 1 fully saturated rings. The van der Waals surface area contributed by atoms with Gasteiger partial charge in [0.25, 0.3) is 6.43 Å². The molecule has 0 aromatic carbocycles. The second-order valence-electron chi connectivity index (χ2n) is 6.54. The molecule has 0 saturated carbocycles. The van der Waals surface area contributed by atoms with E-state index in [1.54, 1.807) is 4.68 Å². The highest BCUT2D eigenvalue weighted by Gasteiger charge is 2.29. The van der Waals surface area contributed by atoms with Gasteiger partial charge in [0.15, 0.2) is 0 Å². The van der Waals surface area contributed by atoms with Crippen LogP contribution in [0.15, 0.2) is 18.5 Å². The van der Waals surface area contributed by atoms with E-state index in [4.69, 9.17) is 4.74 Å². The van der Waals surface area contributed by atoms with Crippen LogP contribution in [0, 0.1) is 0 Å². The van der Waals surface area contributed by atoms with Crippen molar-refractivity contribution in [2.45, 2.75) is 25.3 Å². The third kappa shape index (κ3) is 4.40. The van der Waals surface area contributed by atoms with Crippen molar-refractivity contribution in [3.05, 3.63) is 24.0 Å². The lowest BCUT2D eigenvalue weighted by Gasteiger charge is -2.35. The lowest BCUT2D eigenvalue weighted by Crippen LogP contribution is -2.48. The van der Waals surface area contributed by atoms with E-state index >= 15 is 0 Å². The molecule has 134 valence electrons. The smallest absolute Gasteiger partial charge is 0.253 e. The Morgan fingerprint density at radius 2 is 2.04 bits per heavy atom. The van der Waals surface area contributed by atoms with Crippen molar-refractivity contribution in [2.75, 3.05) is 45.9 Å². The number of halogens is 2. The van der Waals surface area contributed by atoms with Crippen molar-refractivity contribution < 1.29 is 13.5 Å². The number of hydrogen-bond donors (Lipinski definition) is 0. The minimum Gasteiger partial charge on any atom is -0.379 e. The molecule has 0 bridgehead atoms. The third-order valence-electron chi connectivity index (χ3n) is 4.85. The Labute approximate surface area is 141 Å². The van der Waals surface area contributed by atoms with Gasteiger partial charge in [-0.15, -0.1) is 0 Å². The molecule has 5 nitrogen and oxygen atoms in total. The molecule has 0 amide bonds. The van der Waals surface area contributed by atoms with Gasteiger partial charge in [0.2, 0.25) is 0 Å². The first-order chi connectivity index (χ1) is 11.6. The average Bonchev–Trinajstić information content (AvgIpc) is 3.03. The highest BCUT2D eigenvalue weighted by Crippen LogP contribution is 2.22. The molecule has 1 aromatic rings.